The van der Waals surface area contributed by atoms with Gasteiger partial charge in [0.05, 0.1) is 22.5 Å². The third kappa shape index (κ3) is 2.84. The van der Waals surface area contributed by atoms with Crippen molar-refractivity contribution < 1.29 is 9.21 Å². The third-order valence-corrected chi connectivity index (χ3v) is 6.07. The number of aryl methyl sites for hydroxylation is 1. The number of hydrogen-bond acceptors (Lipinski definition) is 5. The quantitative estimate of drug-likeness (QED) is 0.583. The fourth-order valence-corrected chi connectivity index (χ4v) is 4.57. The zero-order valence-electron chi connectivity index (χ0n) is 14.8. The van der Waals surface area contributed by atoms with E-state index in [-0.39, 0.29) is 11.9 Å². The van der Waals surface area contributed by atoms with Gasteiger partial charge in [-0.1, -0.05) is 12.1 Å². The summed E-state index contributed by atoms with van der Waals surface area (Å²) >= 11 is 1.56. The lowest BCUT2D eigenvalue weighted by molar-refractivity contribution is 0.0905. The van der Waals surface area contributed by atoms with Gasteiger partial charge in [0.15, 0.2) is 16.5 Å². The maximum Gasteiger partial charge on any atom is 0.287 e. The van der Waals surface area contributed by atoms with E-state index in [1.165, 1.54) is 5.69 Å². The summed E-state index contributed by atoms with van der Waals surface area (Å²) in [5.74, 6) is 0.719. The molecule has 1 aliphatic rings. The van der Waals surface area contributed by atoms with Crippen LogP contribution >= 0.6 is 11.3 Å². The normalized spacial score (nSPS) is 16.4. The molecule has 1 N–H and O–H groups in total. The number of hydrogen-bond donors (Lipinski definition) is 1. The Hall–Kier alpha value is -2.93. The first-order chi connectivity index (χ1) is 13.2. The van der Waals surface area contributed by atoms with Gasteiger partial charge in [-0.3, -0.25) is 9.48 Å². The Balaban J connectivity index is 1.37. The summed E-state index contributed by atoms with van der Waals surface area (Å²) in [7, 11) is 1.94. The number of benzene rings is 1. The van der Waals surface area contributed by atoms with E-state index in [1.54, 1.807) is 17.4 Å². The Morgan fingerprint density at radius 3 is 3.07 bits per heavy atom. The van der Waals surface area contributed by atoms with E-state index in [0.29, 0.717) is 11.5 Å². The lowest BCUT2D eigenvalue weighted by Crippen LogP contribution is -2.30. The molecule has 0 saturated carbocycles. The number of nitrogens with one attached hydrogen (secondary N) is 1. The highest BCUT2D eigenvalue weighted by atomic mass is 32.1. The number of furan rings is 1. The summed E-state index contributed by atoms with van der Waals surface area (Å²) in [4.78, 5) is 17.3. The Labute approximate surface area is 159 Å². The molecule has 1 atom stereocenters. The molecule has 0 saturated heterocycles. The second kappa shape index (κ2) is 6.35. The maximum absolute atomic E-state index is 12.7. The van der Waals surface area contributed by atoms with Crippen LogP contribution in [0.15, 0.2) is 47.0 Å². The monoisotopic (exact) mass is 378 g/mol. The summed E-state index contributed by atoms with van der Waals surface area (Å²) in [6.45, 7) is 0. The fraction of sp³-hybridized carbons (Fsp3) is 0.250. The van der Waals surface area contributed by atoms with E-state index in [2.05, 4.69) is 15.4 Å². The standard InChI is InChI=1S/C20H18N4O2S/c1-24-15-7-4-6-13(12(15)11-21-24)22-19(25)16-9-10-17(26-16)20-23-14-5-2-3-8-18(14)27-20/h2-3,5,8-11,13H,4,6-7H2,1H3,(H,22,25). The highest BCUT2D eigenvalue weighted by molar-refractivity contribution is 7.21. The summed E-state index contributed by atoms with van der Waals surface area (Å²) in [5, 5.41) is 8.20. The minimum atomic E-state index is -0.205. The van der Waals surface area contributed by atoms with Gasteiger partial charge in [0.25, 0.3) is 5.91 Å². The number of carbonyl (C=O) groups excluding carboxylic acids is 1. The van der Waals surface area contributed by atoms with Crippen LogP contribution in [0.5, 0.6) is 0 Å². The van der Waals surface area contributed by atoms with Gasteiger partial charge in [-0.05, 0) is 43.5 Å². The van der Waals surface area contributed by atoms with Crippen molar-refractivity contribution in [2.75, 3.05) is 0 Å². The van der Waals surface area contributed by atoms with Crippen LogP contribution in [0.3, 0.4) is 0 Å². The van der Waals surface area contributed by atoms with Crippen LogP contribution in [0.2, 0.25) is 0 Å². The van der Waals surface area contributed by atoms with E-state index >= 15 is 0 Å². The molecule has 0 bridgehead atoms. The van der Waals surface area contributed by atoms with Gasteiger partial charge in [0.2, 0.25) is 0 Å². The van der Waals surface area contributed by atoms with Gasteiger partial charge in [-0.2, -0.15) is 5.10 Å². The SMILES string of the molecule is Cn1ncc2c1CCCC2NC(=O)c1ccc(-c2nc3ccccc3s2)o1. The van der Waals surface area contributed by atoms with Crippen molar-refractivity contribution in [1.29, 1.82) is 0 Å². The molecule has 3 aromatic heterocycles. The van der Waals surface area contributed by atoms with E-state index in [9.17, 15) is 4.79 Å². The highest BCUT2D eigenvalue weighted by Gasteiger charge is 2.26. The average Bonchev–Trinajstić information content (AvgIpc) is 3.40. The number of para-hydroxylation sites is 1. The van der Waals surface area contributed by atoms with E-state index in [1.807, 2.05) is 48.3 Å². The summed E-state index contributed by atoms with van der Waals surface area (Å²) < 4.78 is 8.80. The highest BCUT2D eigenvalue weighted by Crippen LogP contribution is 2.32. The molecule has 5 rings (SSSR count). The van der Waals surface area contributed by atoms with Crippen molar-refractivity contribution in [2.24, 2.45) is 7.05 Å². The summed E-state index contributed by atoms with van der Waals surface area (Å²) in [6.07, 6.45) is 4.80. The number of amides is 1. The molecular weight excluding hydrogens is 360 g/mol. The molecule has 0 radical (unpaired) electrons. The molecule has 0 aliphatic heterocycles. The molecule has 4 aromatic rings. The van der Waals surface area contributed by atoms with Gasteiger partial charge in [0, 0.05) is 18.3 Å². The Morgan fingerprint density at radius 1 is 1.30 bits per heavy atom. The van der Waals surface area contributed by atoms with Crippen molar-refractivity contribution >= 4 is 27.5 Å². The molecule has 0 fully saturated rings. The maximum atomic E-state index is 12.7. The van der Waals surface area contributed by atoms with Crippen molar-refractivity contribution in [3.8, 4) is 10.8 Å². The molecule has 6 nitrogen and oxygen atoms in total. The topological polar surface area (TPSA) is 73.0 Å². The number of carbonyl (C=O) groups is 1. The first-order valence-electron chi connectivity index (χ1n) is 8.96. The molecule has 27 heavy (non-hydrogen) atoms. The number of nitrogens with zero attached hydrogens (tertiary/aromatic N) is 3. The lowest BCUT2D eigenvalue weighted by atomic mass is 9.93. The van der Waals surface area contributed by atoms with E-state index in [0.717, 1.165) is 40.1 Å². The van der Waals surface area contributed by atoms with Crippen LogP contribution in [0, 0.1) is 0 Å². The van der Waals surface area contributed by atoms with Crippen LogP contribution in [-0.4, -0.2) is 20.7 Å². The second-order valence-corrected chi connectivity index (χ2v) is 7.77. The third-order valence-electron chi connectivity index (χ3n) is 5.02. The molecule has 0 spiro atoms. The Kier molecular flexibility index (Phi) is 3.82. The molecular formula is C20H18N4O2S. The predicted molar refractivity (Wildman–Crippen MR) is 104 cm³/mol. The molecule has 7 heteroatoms. The van der Waals surface area contributed by atoms with Crippen LogP contribution in [0.1, 0.15) is 40.7 Å². The number of aromatic nitrogens is 3. The van der Waals surface area contributed by atoms with E-state index < -0.39 is 0 Å². The predicted octanol–water partition coefficient (Wildman–Crippen LogP) is 4.10. The smallest absolute Gasteiger partial charge is 0.287 e. The van der Waals surface area contributed by atoms with Crippen molar-refractivity contribution in [3.63, 3.8) is 0 Å². The molecule has 1 aliphatic carbocycles. The largest absolute Gasteiger partial charge is 0.448 e. The minimum absolute atomic E-state index is 0.0223. The van der Waals surface area contributed by atoms with Crippen molar-refractivity contribution in [2.45, 2.75) is 25.3 Å². The first kappa shape index (κ1) is 16.3. The van der Waals surface area contributed by atoms with Gasteiger partial charge in [0.1, 0.15) is 0 Å². The molecule has 3 heterocycles. The fourth-order valence-electron chi connectivity index (χ4n) is 3.64. The molecule has 1 unspecified atom stereocenters. The number of rotatable bonds is 3. The number of thiazole rings is 1. The molecule has 1 amide bonds. The molecule has 136 valence electrons. The van der Waals surface area contributed by atoms with Gasteiger partial charge >= 0.3 is 0 Å². The van der Waals surface area contributed by atoms with Crippen LogP contribution in [0.4, 0.5) is 0 Å². The zero-order valence-corrected chi connectivity index (χ0v) is 15.6. The summed E-state index contributed by atoms with van der Waals surface area (Å²) in [5.41, 5.74) is 3.24. The van der Waals surface area contributed by atoms with Gasteiger partial charge < -0.3 is 9.73 Å². The minimum Gasteiger partial charge on any atom is -0.448 e. The van der Waals surface area contributed by atoms with Crippen LogP contribution in [0.25, 0.3) is 21.0 Å². The Bertz CT molecular complexity index is 1110. The number of fused-ring (bicyclic) bond motifs is 2. The average molecular weight is 378 g/mol. The van der Waals surface area contributed by atoms with Crippen molar-refractivity contribution in [1.82, 2.24) is 20.1 Å². The van der Waals surface area contributed by atoms with E-state index in [4.69, 9.17) is 4.42 Å². The van der Waals surface area contributed by atoms with Crippen LogP contribution in [-0.2, 0) is 13.5 Å². The van der Waals surface area contributed by atoms with Gasteiger partial charge in [-0.15, -0.1) is 11.3 Å². The second-order valence-electron chi connectivity index (χ2n) is 6.74. The first-order valence-corrected chi connectivity index (χ1v) is 9.78. The molecule has 1 aromatic carbocycles. The Morgan fingerprint density at radius 2 is 2.19 bits per heavy atom. The van der Waals surface area contributed by atoms with Crippen molar-refractivity contribution in [3.05, 3.63) is 59.6 Å². The zero-order chi connectivity index (χ0) is 18.4. The van der Waals surface area contributed by atoms with Gasteiger partial charge in [-0.25, -0.2) is 4.98 Å². The lowest BCUT2D eigenvalue weighted by Gasteiger charge is -2.23. The van der Waals surface area contributed by atoms with Crippen LogP contribution < -0.4 is 5.32 Å². The summed E-state index contributed by atoms with van der Waals surface area (Å²) in [6, 6.07) is 11.5.